The molecule has 2 rings (SSSR count). The molecule has 1 aromatic heterocycles. The number of H-pyrrole nitrogens is 1. The van der Waals surface area contributed by atoms with Gasteiger partial charge in [-0.25, -0.2) is 9.89 Å². The van der Waals surface area contributed by atoms with Gasteiger partial charge in [0.15, 0.2) is 5.16 Å². The van der Waals surface area contributed by atoms with Gasteiger partial charge in [0.25, 0.3) is 0 Å². The van der Waals surface area contributed by atoms with Gasteiger partial charge in [0.05, 0.1) is 5.75 Å². The molecule has 0 spiro atoms. The van der Waals surface area contributed by atoms with Crippen molar-refractivity contribution in [1.82, 2.24) is 19.7 Å². The fourth-order valence-electron chi connectivity index (χ4n) is 2.47. The van der Waals surface area contributed by atoms with Crippen LogP contribution in [0.4, 0.5) is 0 Å². The Morgan fingerprint density at radius 1 is 1.55 bits per heavy atom. The number of nitrogens with zero attached hydrogens (tertiary/aromatic N) is 3. The third kappa shape index (κ3) is 3.65. The van der Waals surface area contributed by atoms with E-state index in [-0.39, 0.29) is 11.6 Å². The lowest BCUT2D eigenvalue weighted by molar-refractivity contribution is -0.130. The molecule has 7 heteroatoms. The molecule has 1 aliphatic rings. The standard InChI is InChI=1S/C13H22N4O2S/c1-3-6-17-12(19)14-15-13(17)20-9-11(18)16-7-4-5-10(2)8-16/h10H,3-9H2,1-2H3,(H,14,19)/t10-/m0/s1. The van der Waals surface area contributed by atoms with Crippen molar-refractivity contribution in [1.29, 1.82) is 0 Å². The van der Waals surface area contributed by atoms with Crippen LogP contribution in [0.3, 0.4) is 0 Å². The van der Waals surface area contributed by atoms with E-state index in [2.05, 4.69) is 17.1 Å². The summed E-state index contributed by atoms with van der Waals surface area (Å²) in [6.45, 7) is 6.52. The number of rotatable bonds is 5. The SMILES string of the molecule is CCCn1c(SCC(=O)N2CCC[C@H](C)C2)n[nH]c1=O. The smallest absolute Gasteiger partial charge is 0.342 e. The largest absolute Gasteiger partial charge is 0.343 e. The second-order valence-electron chi connectivity index (χ2n) is 5.34. The van der Waals surface area contributed by atoms with E-state index in [1.807, 2.05) is 11.8 Å². The predicted molar refractivity (Wildman–Crippen MR) is 78.8 cm³/mol. The highest BCUT2D eigenvalue weighted by atomic mass is 32.2. The molecule has 1 saturated heterocycles. The number of hydrogen-bond donors (Lipinski definition) is 1. The number of thioether (sulfide) groups is 1. The number of amides is 1. The van der Waals surface area contributed by atoms with E-state index in [0.29, 0.717) is 23.4 Å². The van der Waals surface area contributed by atoms with Gasteiger partial charge in [-0.15, -0.1) is 5.10 Å². The Kier molecular flexibility index (Phi) is 5.28. The molecule has 0 aliphatic carbocycles. The van der Waals surface area contributed by atoms with Gasteiger partial charge >= 0.3 is 5.69 Å². The molecule has 0 aromatic carbocycles. The topological polar surface area (TPSA) is 71.0 Å². The van der Waals surface area contributed by atoms with Gasteiger partial charge in [0, 0.05) is 19.6 Å². The zero-order valence-corrected chi connectivity index (χ0v) is 12.9. The quantitative estimate of drug-likeness (QED) is 0.833. The summed E-state index contributed by atoms with van der Waals surface area (Å²) < 4.78 is 1.59. The van der Waals surface area contributed by atoms with Gasteiger partial charge in [-0.1, -0.05) is 25.6 Å². The van der Waals surface area contributed by atoms with Crippen LogP contribution in [-0.4, -0.2) is 44.4 Å². The van der Waals surface area contributed by atoms with Crippen LogP contribution in [0, 0.1) is 5.92 Å². The van der Waals surface area contributed by atoms with Crippen LogP contribution < -0.4 is 5.69 Å². The van der Waals surface area contributed by atoms with Crippen LogP contribution in [0.2, 0.25) is 0 Å². The van der Waals surface area contributed by atoms with E-state index in [9.17, 15) is 9.59 Å². The van der Waals surface area contributed by atoms with Gasteiger partial charge in [-0.3, -0.25) is 9.36 Å². The maximum Gasteiger partial charge on any atom is 0.343 e. The summed E-state index contributed by atoms with van der Waals surface area (Å²) in [5.74, 6) is 1.07. The molecule has 1 atom stereocenters. The molecule has 0 unspecified atom stereocenters. The molecular formula is C13H22N4O2S. The average molecular weight is 298 g/mol. The van der Waals surface area contributed by atoms with Gasteiger partial charge in [0.1, 0.15) is 0 Å². The van der Waals surface area contributed by atoms with Gasteiger partial charge in [-0.2, -0.15) is 0 Å². The van der Waals surface area contributed by atoms with Crippen molar-refractivity contribution in [2.45, 2.75) is 44.8 Å². The van der Waals surface area contributed by atoms with Crippen LogP contribution >= 0.6 is 11.8 Å². The Bertz CT molecular complexity index is 511. The normalized spacial score (nSPS) is 19.3. The molecule has 1 amide bonds. The molecule has 1 N–H and O–H groups in total. The van der Waals surface area contributed by atoms with Crippen LogP contribution in [0.25, 0.3) is 0 Å². The zero-order chi connectivity index (χ0) is 14.5. The summed E-state index contributed by atoms with van der Waals surface area (Å²) in [6.07, 6.45) is 3.15. The summed E-state index contributed by atoms with van der Waals surface area (Å²) in [5.41, 5.74) is -0.201. The first kappa shape index (κ1) is 15.2. The Morgan fingerprint density at radius 2 is 2.35 bits per heavy atom. The molecule has 0 bridgehead atoms. The Morgan fingerprint density at radius 3 is 3.05 bits per heavy atom. The fourth-order valence-corrected chi connectivity index (χ4v) is 3.34. The fraction of sp³-hybridized carbons (Fsp3) is 0.769. The van der Waals surface area contributed by atoms with Crippen molar-refractivity contribution in [2.24, 2.45) is 5.92 Å². The number of hydrogen-bond acceptors (Lipinski definition) is 4. The van der Waals surface area contributed by atoms with E-state index in [1.165, 1.54) is 18.2 Å². The Labute approximate surface area is 122 Å². The Hall–Kier alpha value is -1.24. The molecule has 0 radical (unpaired) electrons. The van der Waals surface area contributed by atoms with E-state index < -0.39 is 0 Å². The summed E-state index contributed by atoms with van der Waals surface area (Å²) in [6, 6.07) is 0. The lowest BCUT2D eigenvalue weighted by Crippen LogP contribution is -2.40. The monoisotopic (exact) mass is 298 g/mol. The maximum atomic E-state index is 12.2. The lowest BCUT2D eigenvalue weighted by Gasteiger charge is -2.30. The highest BCUT2D eigenvalue weighted by molar-refractivity contribution is 7.99. The zero-order valence-electron chi connectivity index (χ0n) is 12.1. The van der Waals surface area contributed by atoms with Crippen molar-refractivity contribution in [3.63, 3.8) is 0 Å². The van der Waals surface area contributed by atoms with Crippen molar-refractivity contribution in [3.8, 4) is 0 Å². The number of piperidine rings is 1. The summed E-state index contributed by atoms with van der Waals surface area (Å²) in [7, 11) is 0. The maximum absolute atomic E-state index is 12.2. The molecule has 20 heavy (non-hydrogen) atoms. The van der Waals surface area contributed by atoms with E-state index in [0.717, 1.165) is 25.9 Å². The third-order valence-corrected chi connectivity index (χ3v) is 4.47. The van der Waals surface area contributed by atoms with Crippen molar-refractivity contribution < 1.29 is 4.79 Å². The number of carbonyl (C=O) groups excluding carboxylic acids is 1. The highest BCUT2D eigenvalue weighted by Crippen LogP contribution is 2.19. The van der Waals surface area contributed by atoms with Crippen LogP contribution in [0.1, 0.15) is 33.1 Å². The minimum atomic E-state index is -0.201. The lowest BCUT2D eigenvalue weighted by atomic mass is 10.0. The predicted octanol–water partition coefficient (Wildman–Crippen LogP) is 1.33. The summed E-state index contributed by atoms with van der Waals surface area (Å²) >= 11 is 1.34. The van der Waals surface area contributed by atoms with Gasteiger partial charge in [0.2, 0.25) is 5.91 Å². The highest BCUT2D eigenvalue weighted by Gasteiger charge is 2.21. The number of likely N-dealkylation sites (tertiary alicyclic amines) is 1. The van der Waals surface area contributed by atoms with Gasteiger partial charge < -0.3 is 4.90 Å². The van der Waals surface area contributed by atoms with Crippen LogP contribution in [-0.2, 0) is 11.3 Å². The van der Waals surface area contributed by atoms with Crippen molar-refractivity contribution >= 4 is 17.7 Å². The number of nitrogens with one attached hydrogen (secondary N) is 1. The average Bonchev–Trinajstić information content (AvgIpc) is 2.78. The molecule has 1 aromatic rings. The molecule has 1 aliphatic heterocycles. The second-order valence-corrected chi connectivity index (χ2v) is 6.28. The number of aromatic nitrogens is 3. The minimum absolute atomic E-state index is 0.139. The number of aromatic amines is 1. The molecule has 1 fully saturated rings. The molecule has 112 valence electrons. The van der Waals surface area contributed by atoms with E-state index >= 15 is 0 Å². The molecule has 2 heterocycles. The number of carbonyl (C=O) groups is 1. The van der Waals surface area contributed by atoms with Gasteiger partial charge in [-0.05, 0) is 25.2 Å². The first-order valence-corrected chi connectivity index (χ1v) is 8.16. The second kappa shape index (κ2) is 6.97. The summed E-state index contributed by atoms with van der Waals surface area (Å²) in [4.78, 5) is 25.7. The first-order valence-electron chi connectivity index (χ1n) is 7.17. The molecule has 6 nitrogen and oxygen atoms in total. The third-order valence-electron chi connectivity index (χ3n) is 3.50. The first-order chi connectivity index (χ1) is 9.61. The van der Waals surface area contributed by atoms with E-state index in [4.69, 9.17) is 0 Å². The Balaban J connectivity index is 1.91. The minimum Gasteiger partial charge on any atom is -0.342 e. The van der Waals surface area contributed by atoms with E-state index in [1.54, 1.807) is 4.57 Å². The molecule has 0 saturated carbocycles. The van der Waals surface area contributed by atoms with Crippen molar-refractivity contribution in [2.75, 3.05) is 18.8 Å². The molecular weight excluding hydrogens is 276 g/mol. The van der Waals surface area contributed by atoms with Crippen LogP contribution in [0.5, 0.6) is 0 Å². The summed E-state index contributed by atoms with van der Waals surface area (Å²) in [5, 5.41) is 7.03. The van der Waals surface area contributed by atoms with Crippen molar-refractivity contribution in [3.05, 3.63) is 10.5 Å². The van der Waals surface area contributed by atoms with Crippen LogP contribution in [0.15, 0.2) is 9.95 Å².